The van der Waals surface area contributed by atoms with Gasteiger partial charge in [-0.25, -0.2) is 4.68 Å². The molecule has 0 spiro atoms. The van der Waals surface area contributed by atoms with Crippen LogP contribution in [-0.4, -0.2) is 35.3 Å². The molecule has 1 aromatic rings. The third-order valence-electron chi connectivity index (χ3n) is 1.51. The number of nitrogen functional groups attached to an aromatic ring is 1. The zero-order valence-corrected chi connectivity index (χ0v) is 6.99. The van der Waals surface area contributed by atoms with Crippen molar-refractivity contribution in [3.8, 4) is 0 Å². The predicted molar refractivity (Wildman–Crippen MR) is 45.2 cm³/mol. The Morgan fingerprint density at radius 3 is 2.82 bits per heavy atom. The fourth-order valence-electron chi connectivity index (χ4n) is 0.824. The van der Waals surface area contributed by atoms with Crippen LogP contribution < -0.4 is 5.73 Å². The zero-order valence-electron chi connectivity index (χ0n) is 6.99. The van der Waals surface area contributed by atoms with Gasteiger partial charge in [0.15, 0.2) is 0 Å². The molecule has 0 amide bonds. The van der Waals surface area contributed by atoms with Crippen molar-refractivity contribution < 1.29 is 0 Å². The third kappa shape index (κ3) is 2.23. The highest BCUT2D eigenvalue weighted by Gasteiger charge is 1.96. The zero-order chi connectivity index (χ0) is 8.27. The lowest BCUT2D eigenvalue weighted by molar-refractivity contribution is 0.375. The maximum atomic E-state index is 5.61. The van der Waals surface area contributed by atoms with Crippen LogP contribution in [0, 0.1) is 0 Å². The average molecular weight is 154 g/mol. The van der Waals surface area contributed by atoms with Crippen molar-refractivity contribution in [2.24, 2.45) is 0 Å². The normalized spacial score (nSPS) is 10.8. The van der Waals surface area contributed by atoms with Gasteiger partial charge in [-0.15, -0.1) is 0 Å². The molecule has 0 saturated heterocycles. The average Bonchev–Trinajstić information content (AvgIpc) is 2.31. The summed E-state index contributed by atoms with van der Waals surface area (Å²) in [7, 11) is 4.05. The van der Waals surface area contributed by atoms with Crippen molar-refractivity contribution in [1.82, 2.24) is 14.7 Å². The molecule has 0 aliphatic carbocycles. The molecule has 0 aliphatic heterocycles. The van der Waals surface area contributed by atoms with Crippen LogP contribution in [0.25, 0.3) is 0 Å². The molecule has 11 heavy (non-hydrogen) atoms. The van der Waals surface area contributed by atoms with Crippen LogP contribution >= 0.6 is 0 Å². The first-order valence-electron chi connectivity index (χ1n) is 3.62. The number of hydrogen-bond donors (Lipinski definition) is 1. The van der Waals surface area contributed by atoms with Crippen molar-refractivity contribution in [3.63, 3.8) is 0 Å². The molecule has 0 radical (unpaired) electrons. The monoisotopic (exact) mass is 154 g/mol. The van der Waals surface area contributed by atoms with Gasteiger partial charge in [-0.2, -0.15) is 5.10 Å². The van der Waals surface area contributed by atoms with E-state index >= 15 is 0 Å². The summed E-state index contributed by atoms with van der Waals surface area (Å²) in [6.07, 6.45) is 1.71. The molecule has 4 heteroatoms. The second-order valence-corrected chi connectivity index (χ2v) is 2.78. The molecule has 0 aromatic carbocycles. The first-order valence-corrected chi connectivity index (χ1v) is 3.62. The summed E-state index contributed by atoms with van der Waals surface area (Å²) in [5, 5.41) is 4.05. The van der Waals surface area contributed by atoms with Crippen molar-refractivity contribution in [1.29, 1.82) is 0 Å². The minimum absolute atomic E-state index is 0.729. The quantitative estimate of drug-likeness (QED) is 0.668. The molecule has 0 saturated carbocycles. The summed E-state index contributed by atoms with van der Waals surface area (Å²) in [6, 6.07) is 1.80. The summed E-state index contributed by atoms with van der Waals surface area (Å²) in [5.74, 6) is 0.729. The van der Waals surface area contributed by atoms with Gasteiger partial charge in [0, 0.05) is 6.54 Å². The smallest absolute Gasteiger partial charge is 0.121 e. The summed E-state index contributed by atoms with van der Waals surface area (Å²) in [5.41, 5.74) is 5.61. The second kappa shape index (κ2) is 3.39. The van der Waals surface area contributed by atoms with E-state index in [-0.39, 0.29) is 0 Å². The summed E-state index contributed by atoms with van der Waals surface area (Å²) >= 11 is 0. The highest BCUT2D eigenvalue weighted by atomic mass is 15.3. The maximum Gasteiger partial charge on any atom is 0.121 e. The van der Waals surface area contributed by atoms with Gasteiger partial charge < -0.3 is 10.6 Å². The van der Waals surface area contributed by atoms with Crippen LogP contribution in [0.1, 0.15) is 0 Å². The summed E-state index contributed by atoms with van der Waals surface area (Å²) in [4.78, 5) is 2.10. The molecule has 0 unspecified atom stereocenters. The first kappa shape index (κ1) is 8.07. The van der Waals surface area contributed by atoms with Gasteiger partial charge in [-0.3, -0.25) is 0 Å². The molecule has 1 rings (SSSR count). The second-order valence-electron chi connectivity index (χ2n) is 2.78. The Morgan fingerprint density at radius 2 is 2.36 bits per heavy atom. The molecule has 4 nitrogen and oxygen atoms in total. The lowest BCUT2D eigenvalue weighted by Crippen LogP contribution is -2.19. The van der Waals surface area contributed by atoms with E-state index in [1.165, 1.54) is 0 Å². The third-order valence-corrected chi connectivity index (χ3v) is 1.51. The van der Waals surface area contributed by atoms with E-state index < -0.39 is 0 Å². The van der Waals surface area contributed by atoms with Gasteiger partial charge >= 0.3 is 0 Å². The Labute approximate surface area is 66.6 Å². The van der Waals surface area contributed by atoms with Crippen molar-refractivity contribution in [3.05, 3.63) is 12.3 Å². The van der Waals surface area contributed by atoms with Crippen LogP contribution in [0.3, 0.4) is 0 Å². The lowest BCUT2D eigenvalue weighted by atomic mass is 10.5. The van der Waals surface area contributed by atoms with Gasteiger partial charge in [0.25, 0.3) is 0 Å². The minimum Gasteiger partial charge on any atom is -0.384 e. The molecule has 0 aliphatic rings. The molecular formula is C7H14N4. The minimum atomic E-state index is 0.729. The predicted octanol–water partition coefficient (Wildman–Crippen LogP) is 0.0269. The molecule has 0 atom stereocenters. The number of aromatic nitrogens is 2. The van der Waals surface area contributed by atoms with E-state index in [9.17, 15) is 0 Å². The molecule has 62 valence electrons. The van der Waals surface area contributed by atoms with Crippen LogP contribution in [0.15, 0.2) is 12.3 Å². The van der Waals surface area contributed by atoms with Gasteiger partial charge in [0.05, 0.1) is 12.7 Å². The molecule has 0 fully saturated rings. The Bertz CT molecular complexity index is 216. The van der Waals surface area contributed by atoms with E-state index in [4.69, 9.17) is 5.73 Å². The fraction of sp³-hybridized carbons (Fsp3) is 0.571. The van der Waals surface area contributed by atoms with E-state index in [1.807, 2.05) is 14.1 Å². The Kier molecular flexibility index (Phi) is 2.48. The van der Waals surface area contributed by atoms with Crippen LogP contribution in [0.4, 0.5) is 5.82 Å². The molecular weight excluding hydrogens is 140 g/mol. The Morgan fingerprint density at radius 1 is 1.64 bits per heavy atom. The van der Waals surface area contributed by atoms with Gasteiger partial charge in [-0.05, 0) is 20.2 Å². The summed E-state index contributed by atoms with van der Waals surface area (Å²) in [6.45, 7) is 1.82. The summed E-state index contributed by atoms with van der Waals surface area (Å²) < 4.78 is 1.79. The van der Waals surface area contributed by atoms with Crippen molar-refractivity contribution in [2.75, 3.05) is 26.4 Å². The number of nitrogens with zero attached hydrogens (tertiary/aromatic N) is 3. The number of rotatable bonds is 3. The number of anilines is 1. The highest BCUT2D eigenvalue weighted by molar-refractivity contribution is 5.25. The Balaban J connectivity index is 2.44. The lowest BCUT2D eigenvalue weighted by Gasteiger charge is -2.09. The van der Waals surface area contributed by atoms with Gasteiger partial charge in [0.2, 0.25) is 0 Å². The van der Waals surface area contributed by atoms with E-state index in [0.717, 1.165) is 18.9 Å². The topological polar surface area (TPSA) is 47.1 Å². The standard InChI is InChI=1S/C7H14N4/c1-10(2)5-6-11-7(8)3-4-9-11/h3-4H,5-6,8H2,1-2H3. The van der Waals surface area contributed by atoms with E-state index in [0.29, 0.717) is 0 Å². The highest BCUT2D eigenvalue weighted by Crippen LogP contribution is 1.98. The molecule has 2 N–H and O–H groups in total. The van der Waals surface area contributed by atoms with Crippen molar-refractivity contribution in [2.45, 2.75) is 6.54 Å². The number of hydrogen-bond acceptors (Lipinski definition) is 3. The van der Waals surface area contributed by atoms with E-state index in [2.05, 4.69) is 10.00 Å². The molecule has 0 bridgehead atoms. The molecule has 1 aromatic heterocycles. The van der Waals surface area contributed by atoms with Crippen molar-refractivity contribution >= 4 is 5.82 Å². The largest absolute Gasteiger partial charge is 0.384 e. The van der Waals surface area contributed by atoms with Crippen LogP contribution in [-0.2, 0) is 6.54 Å². The van der Waals surface area contributed by atoms with Crippen LogP contribution in [0.2, 0.25) is 0 Å². The first-order chi connectivity index (χ1) is 5.20. The Hall–Kier alpha value is -1.03. The fourth-order valence-corrected chi connectivity index (χ4v) is 0.824. The maximum absolute atomic E-state index is 5.61. The number of likely N-dealkylation sites (N-methyl/N-ethyl adjacent to an activating group) is 1. The van der Waals surface area contributed by atoms with Gasteiger partial charge in [0.1, 0.15) is 5.82 Å². The van der Waals surface area contributed by atoms with Crippen LogP contribution in [0.5, 0.6) is 0 Å². The van der Waals surface area contributed by atoms with Gasteiger partial charge in [-0.1, -0.05) is 0 Å². The SMILES string of the molecule is CN(C)CCn1nccc1N. The molecule has 1 heterocycles. The van der Waals surface area contributed by atoms with E-state index in [1.54, 1.807) is 16.9 Å². The number of nitrogens with two attached hydrogens (primary N) is 1.